The van der Waals surface area contributed by atoms with Crippen LogP contribution in [-0.4, -0.2) is 221 Å². The van der Waals surface area contributed by atoms with Crippen molar-refractivity contribution >= 4 is 88.7 Å². The van der Waals surface area contributed by atoms with Crippen LogP contribution in [0.3, 0.4) is 0 Å². The van der Waals surface area contributed by atoms with Crippen molar-refractivity contribution in [2.24, 2.45) is 51.2 Å². The molecule has 108 heavy (non-hydrogen) atoms. The summed E-state index contributed by atoms with van der Waals surface area (Å²) in [5, 5.41) is 46.0. The van der Waals surface area contributed by atoms with Crippen molar-refractivity contribution in [2.45, 2.75) is 203 Å². The fraction of sp³-hybridized carbons (Fsp3) is 0.548. The van der Waals surface area contributed by atoms with Crippen LogP contribution in [0.15, 0.2) is 89.9 Å². The van der Waals surface area contributed by atoms with Crippen LogP contribution < -0.4 is 87.6 Å². The van der Waals surface area contributed by atoms with Gasteiger partial charge in [0.1, 0.15) is 72.2 Å². The fourth-order valence-electron chi connectivity index (χ4n) is 12.4. The second-order valence-electron chi connectivity index (χ2n) is 27.7. The molecule has 0 aromatic heterocycles. The molecule has 2 saturated heterocycles. The quantitative estimate of drug-likeness (QED) is 0.0145. The Morgan fingerprint density at radius 3 is 1.58 bits per heavy atom. The first kappa shape index (κ1) is 87.8. The molecule has 0 spiro atoms. The maximum atomic E-state index is 14.9. The van der Waals surface area contributed by atoms with E-state index in [0.29, 0.717) is 43.2 Å². The number of aliphatic hydroxyl groups is 1. The van der Waals surface area contributed by atoms with Gasteiger partial charge in [0.25, 0.3) is 0 Å². The Morgan fingerprint density at radius 2 is 1.03 bits per heavy atom. The van der Waals surface area contributed by atoms with Crippen LogP contribution >= 0.6 is 0 Å². The van der Waals surface area contributed by atoms with Gasteiger partial charge in [-0.25, -0.2) is 0 Å². The zero-order valence-electron chi connectivity index (χ0n) is 61.9. The van der Waals surface area contributed by atoms with Gasteiger partial charge in [0, 0.05) is 38.9 Å². The van der Waals surface area contributed by atoms with Gasteiger partial charge in [-0.2, -0.15) is 0 Å². The van der Waals surface area contributed by atoms with Gasteiger partial charge in [0.2, 0.25) is 82.7 Å². The van der Waals surface area contributed by atoms with Gasteiger partial charge in [-0.15, -0.1) is 0 Å². The zero-order chi connectivity index (χ0) is 79.7. The Hall–Kier alpha value is -10.8. The van der Waals surface area contributed by atoms with Crippen LogP contribution in [0.5, 0.6) is 5.75 Å². The molecular weight excluding hydrogens is 1400 g/mol. The van der Waals surface area contributed by atoms with E-state index in [0.717, 1.165) is 5.56 Å². The van der Waals surface area contributed by atoms with Crippen LogP contribution in [0.1, 0.15) is 128 Å². The highest BCUT2D eigenvalue weighted by Crippen LogP contribution is 2.27. The van der Waals surface area contributed by atoms with E-state index < -0.39 is 181 Å². The number of phenolic OH excluding ortho intramolecular Hbond substituents is 1. The summed E-state index contributed by atoms with van der Waals surface area (Å²) in [5.74, 6) is -12.8. The third-order valence-corrected chi connectivity index (χ3v) is 18.5. The molecular formula is C73H109N19O16. The first-order chi connectivity index (χ1) is 51.3. The molecule has 0 saturated carbocycles. The number of aliphatic imine (C=N–C) groups is 1. The molecule has 3 aromatic rings. The second kappa shape index (κ2) is 44.3. The molecule has 14 amide bonds. The van der Waals surface area contributed by atoms with Gasteiger partial charge in [-0.3, -0.25) is 72.1 Å². The lowest BCUT2D eigenvalue weighted by molar-refractivity contribution is -0.148. The van der Waals surface area contributed by atoms with Crippen LogP contribution in [0.2, 0.25) is 0 Å². The maximum Gasteiger partial charge on any atom is 0.246 e. The number of likely N-dealkylation sites (tertiary alicyclic amines) is 2. The number of primary amides is 2. The number of rotatable bonds is 44. The van der Waals surface area contributed by atoms with Crippen LogP contribution in [0, 0.1) is 11.8 Å². The highest BCUT2D eigenvalue weighted by atomic mass is 16.3. The number of nitrogens with one attached hydrogen (secondary N) is 10. The summed E-state index contributed by atoms with van der Waals surface area (Å²) in [6.45, 7) is 6.96. The van der Waals surface area contributed by atoms with Crippen molar-refractivity contribution in [3.05, 3.63) is 102 Å². The Morgan fingerprint density at radius 1 is 0.528 bits per heavy atom. The highest BCUT2D eigenvalue weighted by molar-refractivity contribution is 6.00. The zero-order valence-corrected chi connectivity index (χ0v) is 61.9. The first-order valence-electron chi connectivity index (χ1n) is 36.5. The molecule has 0 unspecified atom stereocenters. The smallest absolute Gasteiger partial charge is 0.246 e. The topological polar surface area (TPSA) is 575 Å². The standard InChI is InChI=1S/C73H109N19O16/c1-6-42(4)60(70(106)89-51(34-41(2)3)65(101)85-50(61(77)97)35-44-18-9-7-10-19-44)90-68(104)55(40-93)82-59(96)39-81-63(99)54(38-58(76)95)87-67(103)53(36-45-20-11-8-12-21-45)88-69(105)56-24-16-32-91(56)72(108)57-25-17-33-92(57)71(107)49(22-13-14-30-74)84-64(100)48(23-15-31-80-73(78)79)83-66(102)52(86-62(98)43(5)75)37-46-26-28-47(94)29-27-46/h7-12,18-21,26-29,41-43,48-57,60,93-94H,6,13-17,22-25,30-40,74-75H2,1-5H3,(H2,76,95)(H2,77,97)(H,81,99)(H,82,96)(H,83,102)(H,84,100)(H,85,101)(H,86,98)(H,87,103)(H,88,105)(H,89,106)(H,90,104)(H4,78,79,80)/t42-,43-,48-,49-,50-,51-,52-,53-,54-,55-,56-,57-,60-/m0/s1. The summed E-state index contributed by atoms with van der Waals surface area (Å²) < 4.78 is 0. The molecule has 2 fully saturated rings. The van der Waals surface area contributed by atoms with E-state index in [4.69, 9.17) is 34.4 Å². The monoisotopic (exact) mass is 1510 g/mol. The molecule has 35 heteroatoms. The maximum absolute atomic E-state index is 14.9. The van der Waals surface area contributed by atoms with E-state index in [2.05, 4.69) is 58.2 Å². The molecule has 2 aliphatic heterocycles. The predicted octanol–water partition coefficient (Wildman–Crippen LogP) is -4.14. The first-order valence-corrected chi connectivity index (χ1v) is 36.5. The number of carbonyl (C=O) groups is 14. The van der Waals surface area contributed by atoms with Crippen molar-refractivity contribution in [1.29, 1.82) is 0 Å². The van der Waals surface area contributed by atoms with Crippen LogP contribution in [0.4, 0.5) is 0 Å². The molecule has 13 atom stereocenters. The van der Waals surface area contributed by atoms with E-state index in [1.165, 1.54) is 28.9 Å². The molecule has 2 heterocycles. The van der Waals surface area contributed by atoms with Gasteiger partial charge >= 0.3 is 0 Å². The molecule has 3 aromatic carbocycles. The number of nitrogens with zero attached hydrogens (tertiary/aromatic N) is 3. The summed E-state index contributed by atoms with van der Waals surface area (Å²) in [4.78, 5) is 201. The number of aliphatic hydroxyl groups excluding tert-OH is 1. The van der Waals surface area contributed by atoms with Crippen molar-refractivity contribution in [3.8, 4) is 5.75 Å². The Kier molecular flexibility index (Phi) is 36.1. The van der Waals surface area contributed by atoms with E-state index in [-0.39, 0.29) is 102 Å². The Balaban J connectivity index is 1.28. The average Bonchev–Trinajstić information content (AvgIpc) is 1.64. The minimum Gasteiger partial charge on any atom is -0.508 e. The minimum absolute atomic E-state index is 0.0380. The summed E-state index contributed by atoms with van der Waals surface area (Å²) in [5.41, 5.74) is 35.9. The minimum atomic E-state index is -1.77. The molecule has 2 aliphatic rings. The number of phenols is 1. The lowest BCUT2D eigenvalue weighted by atomic mass is 9.96. The lowest BCUT2D eigenvalue weighted by Gasteiger charge is -2.34. The van der Waals surface area contributed by atoms with Gasteiger partial charge in [0.05, 0.1) is 25.6 Å². The second-order valence-corrected chi connectivity index (χ2v) is 27.7. The molecule has 592 valence electrons. The van der Waals surface area contributed by atoms with E-state index in [1.54, 1.807) is 86.6 Å². The van der Waals surface area contributed by atoms with E-state index in [1.807, 2.05) is 13.8 Å². The van der Waals surface area contributed by atoms with E-state index >= 15 is 0 Å². The summed E-state index contributed by atoms with van der Waals surface area (Å²) >= 11 is 0. The summed E-state index contributed by atoms with van der Waals surface area (Å²) in [7, 11) is 0. The number of aromatic hydroxyl groups is 1. The van der Waals surface area contributed by atoms with Crippen molar-refractivity contribution in [3.63, 3.8) is 0 Å². The van der Waals surface area contributed by atoms with E-state index in [9.17, 15) is 77.3 Å². The molecule has 35 nitrogen and oxygen atoms in total. The van der Waals surface area contributed by atoms with Crippen LogP contribution in [0.25, 0.3) is 0 Å². The van der Waals surface area contributed by atoms with Gasteiger partial charge < -0.3 is 108 Å². The van der Waals surface area contributed by atoms with Crippen molar-refractivity contribution in [2.75, 3.05) is 39.3 Å². The highest BCUT2D eigenvalue weighted by Gasteiger charge is 2.45. The molecule has 24 N–H and O–H groups in total. The largest absolute Gasteiger partial charge is 0.508 e. The third-order valence-electron chi connectivity index (χ3n) is 18.5. The molecule has 0 aliphatic carbocycles. The molecule has 5 rings (SSSR count). The summed E-state index contributed by atoms with van der Waals surface area (Å²) in [6.07, 6.45) is 1.36. The normalized spacial score (nSPS) is 17.0. The lowest BCUT2D eigenvalue weighted by Crippen LogP contribution is -2.61. The number of unbranched alkanes of at least 4 members (excludes halogenated alkanes) is 1. The number of benzene rings is 3. The SMILES string of the molecule is CC[C@H](C)[C@H](NC(=O)[C@H](CO)NC(=O)CNC(=O)[C@H](CC(N)=O)NC(=O)[C@H](Cc1ccccc1)NC(=O)[C@@H]1CCCN1C(=O)[C@@H]1CCCN1C(=O)[C@H](CCCCN)NC(=O)[C@H](CCCN=C(N)N)NC(=O)[C@H](Cc1ccc(O)cc1)NC(=O)[C@H](C)N)C(=O)N[C@@H](CC(C)C)C(=O)N[C@@H](Cc1ccccc1)C(N)=O. The van der Waals surface area contributed by atoms with Crippen molar-refractivity contribution < 1.29 is 77.3 Å². The van der Waals surface area contributed by atoms with Gasteiger partial charge in [0.15, 0.2) is 5.96 Å². The van der Waals surface area contributed by atoms with Gasteiger partial charge in [-0.05, 0) is 118 Å². The Bertz CT molecular complexity index is 3590. The number of guanidine groups is 1. The summed E-state index contributed by atoms with van der Waals surface area (Å²) in [6, 6.07) is 7.28. The molecule has 0 bridgehead atoms. The number of hydrogen-bond donors (Lipinski definition) is 18. The van der Waals surface area contributed by atoms with Crippen LogP contribution in [-0.2, 0) is 86.4 Å². The van der Waals surface area contributed by atoms with Crippen molar-refractivity contribution in [1.82, 2.24) is 63.0 Å². The number of amides is 14. The predicted molar refractivity (Wildman–Crippen MR) is 397 cm³/mol. The third kappa shape index (κ3) is 28.5. The Labute approximate surface area is 627 Å². The number of hydrogen-bond acceptors (Lipinski definition) is 19. The number of nitrogens with two attached hydrogens (primary N) is 6. The average molecular weight is 1510 g/mol. The molecule has 0 radical (unpaired) electrons. The number of carbonyl (C=O) groups excluding carboxylic acids is 14. The fourth-order valence-corrected chi connectivity index (χ4v) is 12.4. The van der Waals surface area contributed by atoms with Gasteiger partial charge in [-0.1, -0.05) is 107 Å².